The molecule has 6 heteroatoms. The Morgan fingerprint density at radius 2 is 1.88 bits per heavy atom. The number of carbonyl (C=O) groups excluding carboxylic acids is 2. The lowest BCUT2D eigenvalue weighted by Crippen LogP contribution is -2.37. The molecule has 0 aliphatic carbocycles. The van der Waals surface area contributed by atoms with Crippen LogP contribution in [0.2, 0.25) is 0 Å². The van der Waals surface area contributed by atoms with Crippen LogP contribution in [0.3, 0.4) is 0 Å². The number of hydrogen-bond acceptors (Lipinski definition) is 4. The van der Waals surface area contributed by atoms with Crippen molar-refractivity contribution < 1.29 is 19.1 Å². The molecule has 0 aromatic heterocycles. The zero-order valence-electron chi connectivity index (χ0n) is 15.0. The number of nitrogens with one attached hydrogen (secondary N) is 1. The minimum atomic E-state index is -0.218. The average Bonchev–Trinajstić information content (AvgIpc) is 2.77. The molecule has 1 N–H and O–H groups in total. The van der Waals surface area contributed by atoms with Gasteiger partial charge in [0.2, 0.25) is 5.91 Å². The first kappa shape index (κ1) is 17.8. The van der Waals surface area contributed by atoms with E-state index in [9.17, 15) is 9.59 Å². The summed E-state index contributed by atoms with van der Waals surface area (Å²) in [6.45, 7) is 2.83. The summed E-state index contributed by atoms with van der Waals surface area (Å²) in [4.78, 5) is 26.3. The molecule has 0 saturated carbocycles. The molecule has 26 heavy (non-hydrogen) atoms. The van der Waals surface area contributed by atoms with Crippen molar-refractivity contribution in [3.8, 4) is 11.5 Å². The lowest BCUT2D eigenvalue weighted by atomic mass is 10.1. The van der Waals surface area contributed by atoms with E-state index in [1.807, 2.05) is 49.4 Å². The normalized spacial score (nSPS) is 13.7. The molecule has 0 unspecified atom stereocenters. The second-order valence-corrected chi connectivity index (χ2v) is 6.10. The largest absolute Gasteiger partial charge is 0.493 e. The first-order chi connectivity index (χ1) is 12.6. The monoisotopic (exact) mass is 354 g/mol. The zero-order chi connectivity index (χ0) is 18.5. The van der Waals surface area contributed by atoms with Gasteiger partial charge in [-0.05, 0) is 37.6 Å². The Hall–Kier alpha value is -3.02. The van der Waals surface area contributed by atoms with E-state index in [0.29, 0.717) is 42.3 Å². The summed E-state index contributed by atoms with van der Waals surface area (Å²) >= 11 is 0. The number of para-hydroxylation sites is 2. The van der Waals surface area contributed by atoms with Crippen LogP contribution in [0, 0.1) is 6.92 Å². The summed E-state index contributed by atoms with van der Waals surface area (Å²) in [7, 11) is 1.60. The second kappa shape index (κ2) is 7.91. The first-order valence-corrected chi connectivity index (χ1v) is 8.55. The molecule has 6 nitrogen and oxygen atoms in total. The third kappa shape index (κ3) is 3.79. The molecule has 0 saturated heterocycles. The molecule has 0 radical (unpaired) electrons. The van der Waals surface area contributed by atoms with Crippen molar-refractivity contribution in [2.45, 2.75) is 13.3 Å². The van der Waals surface area contributed by atoms with Crippen LogP contribution in [0.1, 0.15) is 22.3 Å². The Kier molecular flexibility index (Phi) is 5.41. The number of fused-ring (bicyclic) bond motifs is 1. The molecule has 0 spiro atoms. The van der Waals surface area contributed by atoms with Crippen molar-refractivity contribution >= 4 is 17.5 Å². The molecule has 2 aromatic rings. The van der Waals surface area contributed by atoms with Gasteiger partial charge in [-0.2, -0.15) is 0 Å². The molecular weight excluding hydrogens is 332 g/mol. The number of anilines is 1. The van der Waals surface area contributed by atoms with E-state index in [1.54, 1.807) is 12.0 Å². The number of benzene rings is 2. The molecule has 0 bridgehead atoms. The van der Waals surface area contributed by atoms with Gasteiger partial charge in [-0.25, -0.2) is 0 Å². The Labute approximate surface area is 152 Å². The van der Waals surface area contributed by atoms with Crippen LogP contribution in [-0.4, -0.2) is 38.6 Å². The Bertz CT molecular complexity index is 819. The van der Waals surface area contributed by atoms with E-state index >= 15 is 0 Å². The van der Waals surface area contributed by atoms with Crippen molar-refractivity contribution in [3.05, 3.63) is 53.6 Å². The quantitative estimate of drug-likeness (QED) is 0.810. The molecule has 0 fully saturated rings. The topological polar surface area (TPSA) is 67.9 Å². The zero-order valence-corrected chi connectivity index (χ0v) is 15.0. The summed E-state index contributed by atoms with van der Waals surface area (Å²) < 4.78 is 11.0. The molecule has 2 aromatic carbocycles. The third-order valence-corrected chi connectivity index (χ3v) is 4.24. The minimum absolute atomic E-state index is 0.0000732. The lowest BCUT2D eigenvalue weighted by Gasteiger charge is -2.22. The predicted molar refractivity (Wildman–Crippen MR) is 99.0 cm³/mol. The van der Waals surface area contributed by atoms with E-state index in [-0.39, 0.29) is 18.4 Å². The standard InChI is InChI=1S/C20H22N2O4/c1-14-8-9-16-15(12-14)20(24)21-13-19(23)22(16)10-5-11-26-18-7-4-3-6-17(18)25-2/h3-4,6-9,12H,5,10-11,13H2,1-2H3,(H,21,24). The number of aryl methyl sites for hydroxylation is 1. The van der Waals surface area contributed by atoms with Crippen molar-refractivity contribution in [2.75, 3.05) is 31.7 Å². The van der Waals surface area contributed by atoms with Crippen LogP contribution in [-0.2, 0) is 4.79 Å². The Morgan fingerprint density at radius 1 is 1.12 bits per heavy atom. The van der Waals surface area contributed by atoms with Gasteiger partial charge in [0, 0.05) is 6.54 Å². The van der Waals surface area contributed by atoms with Gasteiger partial charge >= 0.3 is 0 Å². The number of nitrogens with zero attached hydrogens (tertiary/aromatic N) is 1. The second-order valence-electron chi connectivity index (χ2n) is 6.10. The van der Waals surface area contributed by atoms with Gasteiger partial charge in [0.05, 0.1) is 31.5 Å². The maximum absolute atomic E-state index is 12.4. The van der Waals surface area contributed by atoms with Crippen LogP contribution in [0.5, 0.6) is 11.5 Å². The summed E-state index contributed by atoms with van der Waals surface area (Å²) in [6.07, 6.45) is 0.630. The van der Waals surface area contributed by atoms with Crippen LogP contribution in [0.25, 0.3) is 0 Å². The fourth-order valence-electron chi connectivity index (χ4n) is 2.94. The minimum Gasteiger partial charge on any atom is -0.493 e. The van der Waals surface area contributed by atoms with Gasteiger partial charge in [0.15, 0.2) is 11.5 Å². The highest BCUT2D eigenvalue weighted by atomic mass is 16.5. The summed E-state index contributed by atoms with van der Waals surface area (Å²) in [5, 5.41) is 2.66. The molecule has 0 atom stereocenters. The predicted octanol–water partition coefficient (Wildman–Crippen LogP) is 2.55. The number of rotatable bonds is 6. The smallest absolute Gasteiger partial charge is 0.253 e. The van der Waals surface area contributed by atoms with Gasteiger partial charge in [-0.3, -0.25) is 9.59 Å². The van der Waals surface area contributed by atoms with Crippen LogP contribution in [0.15, 0.2) is 42.5 Å². The molecule has 1 heterocycles. The first-order valence-electron chi connectivity index (χ1n) is 8.55. The van der Waals surface area contributed by atoms with E-state index < -0.39 is 0 Å². The summed E-state index contributed by atoms with van der Waals surface area (Å²) in [6, 6.07) is 13.0. The van der Waals surface area contributed by atoms with E-state index in [4.69, 9.17) is 9.47 Å². The SMILES string of the molecule is COc1ccccc1OCCCN1C(=O)CNC(=O)c2cc(C)ccc21. The molecular formula is C20H22N2O4. The number of amides is 2. The van der Waals surface area contributed by atoms with Gasteiger partial charge < -0.3 is 19.7 Å². The number of methoxy groups -OCH3 is 1. The summed E-state index contributed by atoms with van der Waals surface area (Å²) in [5.74, 6) is 1.00. The van der Waals surface area contributed by atoms with Gasteiger partial charge in [0.1, 0.15) is 0 Å². The Balaban J connectivity index is 1.68. The number of ether oxygens (including phenoxy) is 2. The molecule has 2 amide bonds. The maximum atomic E-state index is 12.4. The van der Waals surface area contributed by atoms with Crippen molar-refractivity contribution in [1.82, 2.24) is 5.32 Å². The van der Waals surface area contributed by atoms with Crippen molar-refractivity contribution in [2.24, 2.45) is 0 Å². The molecule has 1 aliphatic rings. The highest BCUT2D eigenvalue weighted by molar-refractivity contribution is 6.09. The highest BCUT2D eigenvalue weighted by Crippen LogP contribution is 2.27. The van der Waals surface area contributed by atoms with Gasteiger partial charge in [0.25, 0.3) is 5.91 Å². The lowest BCUT2D eigenvalue weighted by molar-refractivity contribution is -0.117. The number of hydrogen-bond donors (Lipinski definition) is 1. The van der Waals surface area contributed by atoms with Gasteiger partial charge in [-0.15, -0.1) is 0 Å². The molecule has 3 rings (SSSR count). The van der Waals surface area contributed by atoms with E-state index in [0.717, 1.165) is 5.56 Å². The fraction of sp³-hybridized carbons (Fsp3) is 0.300. The van der Waals surface area contributed by atoms with Crippen LogP contribution < -0.4 is 19.7 Å². The van der Waals surface area contributed by atoms with Gasteiger partial charge in [-0.1, -0.05) is 23.8 Å². The molecule has 1 aliphatic heterocycles. The van der Waals surface area contributed by atoms with Crippen molar-refractivity contribution in [3.63, 3.8) is 0 Å². The maximum Gasteiger partial charge on any atom is 0.253 e. The van der Waals surface area contributed by atoms with Crippen molar-refractivity contribution in [1.29, 1.82) is 0 Å². The highest BCUT2D eigenvalue weighted by Gasteiger charge is 2.26. The summed E-state index contributed by atoms with van der Waals surface area (Å²) in [5.41, 5.74) is 2.15. The van der Waals surface area contributed by atoms with Crippen LogP contribution in [0.4, 0.5) is 5.69 Å². The number of carbonyl (C=O) groups is 2. The average molecular weight is 354 g/mol. The fourth-order valence-corrected chi connectivity index (χ4v) is 2.94. The Morgan fingerprint density at radius 3 is 2.65 bits per heavy atom. The molecule has 136 valence electrons. The van der Waals surface area contributed by atoms with E-state index in [2.05, 4.69) is 5.32 Å². The van der Waals surface area contributed by atoms with Crippen LogP contribution >= 0.6 is 0 Å². The third-order valence-electron chi connectivity index (χ3n) is 4.24. The van der Waals surface area contributed by atoms with E-state index in [1.165, 1.54) is 0 Å².